The normalized spacial score (nSPS) is 10.5. The Morgan fingerprint density at radius 3 is 2.20 bits per heavy atom. The van der Waals surface area contributed by atoms with Gasteiger partial charge >= 0.3 is 5.97 Å². The van der Waals surface area contributed by atoms with Crippen LogP contribution in [0, 0.1) is 0 Å². The molecule has 40 heavy (non-hydrogen) atoms. The van der Waals surface area contributed by atoms with Gasteiger partial charge in [0, 0.05) is 30.3 Å². The number of hydrogen-bond acceptors (Lipinski definition) is 4. The second kappa shape index (κ2) is 13.8. The van der Waals surface area contributed by atoms with Crippen molar-refractivity contribution < 1.29 is 24.2 Å². The molecule has 0 unspecified atom stereocenters. The topological polar surface area (TPSA) is 95.9 Å². The van der Waals surface area contributed by atoms with E-state index in [-0.39, 0.29) is 18.2 Å². The Morgan fingerprint density at radius 1 is 0.775 bits per heavy atom. The molecule has 0 saturated heterocycles. The van der Waals surface area contributed by atoms with E-state index in [4.69, 9.17) is 9.84 Å². The van der Waals surface area contributed by atoms with E-state index in [9.17, 15) is 14.4 Å². The molecule has 4 rings (SSSR count). The minimum absolute atomic E-state index is 0.150. The minimum Gasteiger partial charge on any atom is -0.491 e. The molecule has 0 aliphatic heterocycles. The molecule has 2 N–H and O–H groups in total. The Labute approximate surface area is 234 Å². The second-order valence-electron chi connectivity index (χ2n) is 9.33. The summed E-state index contributed by atoms with van der Waals surface area (Å²) in [7, 11) is 1.69. The molecule has 2 amide bonds. The number of amides is 2. The quantitative estimate of drug-likeness (QED) is 0.192. The number of anilines is 2. The van der Waals surface area contributed by atoms with E-state index in [0.717, 1.165) is 24.0 Å². The van der Waals surface area contributed by atoms with Crippen molar-refractivity contribution >= 4 is 29.2 Å². The molecule has 0 bridgehead atoms. The van der Waals surface area contributed by atoms with E-state index in [0.29, 0.717) is 41.3 Å². The minimum atomic E-state index is -0.796. The van der Waals surface area contributed by atoms with E-state index in [1.54, 1.807) is 37.4 Å². The number of para-hydroxylation sites is 2. The average molecular weight is 537 g/mol. The zero-order valence-corrected chi connectivity index (χ0v) is 22.4. The van der Waals surface area contributed by atoms with Gasteiger partial charge in [0.15, 0.2) is 0 Å². The third kappa shape index (κ3) is 7.35. The van der Waals surface area contributed by atoms with E-state index < -0.39 is 5.97 Å². The van der Waals surface area contributed by atoms with Crippen LogP contribution < -0.4 is 15.0 Å². The molecule has 0 aliphatic carbocycles. The summed E-state index contributed by atoms with van der Waals surface area (Å²) < 4.78 is 5.91. The molecular formula is C33H32N2O5. The van der Waals surface area contributed by atoms with Gasteiger partial charge in [0.25, 0.3) is 11.8 Å². The second-order valence-corrected chi connectivity index (χ2v) is 9.33. The summed E-state index contributed by atoms with van der Waals surface area (Å²) in [6.45, 7) is 0.431. The van der Waals surface area contributed by atoms with Crippen molar-refractivity contribution in [3.63, 3.8) is 0 Å². The van der Waals surface area contributed by atoms with Gasteiger partial charge in [0.1, 0.15) is 5.75 Å². The van der Waals surface area contributed by atoms with Crippen LogP contribution in [0.15, 0.2) is 103 Å². The van der Waals surface area contributed by atoms with Gasteiger partial charge in [-0.15, -0.1) is 0 Å². The van der Waals surface area contributed by atoms with Crippen LogP contribution in [0.25, 0.3) is 11.1 Å². The lowest BCUT2D eigenvalue weighted by molar-refractivity contribution is -0.137. The highest BCUT2D eigenvalue weighted by molar-refractivity contribution is 6.09. The Bertz CT molecular complexity index is 1450. The Hall–Kier alpha value is -4.91. The fraction of sp³-hybridized carbons (Fsp3) is 0.182. The van der Waals surface area contributed by atoms with Gasteiger partial charge in [-0.2, -0.15) is 0 Å². The van der Waals surface area contributed by atoms with Crippen LogP contribution in [0.4, 0.5) is 11.4 Å². The molecule has 7 nitrogen and oxygen atoms in total. The summed E-state index contributed by atoms with van der Waals surface area (Å²) >= 11 is 0. The number of carboxylic acid groups (broad SMARTS) is 1. The van der Waals surface area contributed by atoms with Crippen LogP contribution in [-0.4, -0.2) is 36.5 Å². The highest BCUT2D eigenvalue weighted by Crippen LogP contribution is 2.29. The molecule has 0 fully saturated rings. The maximum absolute atomic E-state index is 13.3. The highest BCUT2D eigenvalue weighted by atomic mass is 16.5. The van der Waals surface area contributed by atoms with Gasteiger partial charge in [0.2, 0.25) is 0 Å². The number of ether oxygens (including phenoxy) is 1. The third-order valence-electron chi connectivity index (χ3n) is 6.47. The molecular weight excluding hydrogens is 504 g/mol. The molecule has 0 radical (unpaired) electrons. The molecule has 0 heterocycles. The smallest absolute Gasteiger partial charge is 0.303 e. The number of nitrogens with one attached hydrogen (secondary N) is 1. The summed E-state index contributed by atoms with van der Waals surface area (Å²) in [5, 5.41) is 11.7. The number of carbonyl (C=O) groups excluding carboxylic acids is 2. The first-order valence-electron chi connectivity index (χ1n) is 13.2. The van der Waals surface area contributed by atoms with Crippen LogP contribution >= 0.6 is 0 Å². The number of carboxylic acids is 1. The van der Waals surface area contributed by atoms with Crippen LogP contribution in [-0.2, 0) is 4.79 Å². The summed E-state index contributed by atoms with van der Waals surface area (Å²) in [4.78, 5) is 38.5. The summed E-state index contributed by atoms with van der Waals surface area (Å²) in [5.74, 6) is -0.665. The maximum Gasteiger partial charge on any atom is 0.303 e. The van der Waals surface area contributed by atoms with Gasteiger partial charge in [0.05, 0.1) is 12.3 Å². The SMILES string of the molecule is CN(C(=O)c1ccc(NC(=O)c2ccccc2-c2ccccc2)cc1)c1ccccc1OCCCCCC(=O)O. The lowest BCUT2D eigenvalue weighted by Gasteiger charge is -2.21. The lowest BCUT2D eigenvalue weighted by atomic mass is 9.99. The molecule has 4 aromatic rings. The fourth-order valence-corrected chi connectivity index (χ4v) is 4.34. The predicted molar refractivity (Wildman–Crippen MR) is 157 cm³/mol. The largest absolute Gasteiger partial charge is 0.491 e. The number of rotatable bonds is 12. The van der Waals surface area contributed by atoms with Crippen LogP contribution in [0.5, 0.6) is 5.75 Å². The van der Waals surface area contributed by atoms with Gasteiger partial charge in [-0.1, -0.05) is 60.7 Å². The molecule has 0 aromatic heterocycles. The zero-order chi connectivity index (χ0) is 28.3. The molecule has 4 aromatic carbocycles. The number of aliphatic carboxylic acids is 1. The lowest BCUT2D eigenvalue weighted by Crippen LogP contribution is -2.26. The van der Waals surface area contributed by atoms with Crippen molar-refractivity contribution in [2.75, 3.05) is 23.9 Å². The monoisotopic (exact) mass is 536 g/mol. The van der Waals surface area contributed by atoms with Crippen molar-refractivity contribution in [1.29, 1.82) is 0 Å². The van der Waals surface area contributed by atoms with Crippen molar-refractivity contribution in [3.05, 3.63) is 114 Å². The average Bonchev–Trinajstić information content (AvgIpc) is 2.99. The first kappa shape index (κ1) is 28.1. The van der Waals surface area contributed by atoms with Gasteiger partial charge in [-0.3, -0.25) is 14.4 Å². The van der Waals surface area contributed by atoms with E-state index in [1.807, 2.05) is 72.8 Å². The predicted octanol–water partition coefficient (Wildman–Crippen LogP) is 6.91. The molecule has 7 heteroatoms. The van der Waals surface area contributed by atoms with E-state index in [1.165, 1.54) is 4.90 Å². The molecule has 0 saturated carbocycles. The van der Waals surface area contributed by atoms with Crippen LogP contribution in [0.3, 0.4) is 0 Å². The number of nitrogens with zero attached hydrogens (tertiary/aromatic N) is 1. The van der Waals surface area contributed by atoms with Crippen molar-refractivity contribution in [2.24, 2.45) is 0 Å². The van der Waals surface area contributed by atoms with Crippen LogP contribution in [0.2, 0.25) is 0 Å². The summed E-state index contributed by atoms with van der Waals surface area (Å²) in [5.41, 5.74) is 4.04. The van der Waals surface area contributed by atoms with Gasteiger partial charge in [-0.05, 0) is 72.9 Å². The number of benzene rings is 4. The fourth-order valence-electron chi connectivity index (χ4n) is 4.34. The first-order valence-corrected chi connectivity index (χ1v) is 13.2. The van der Waals surface area contributed by atoms with Gasteiger partial charge in [-0.25, -0.2) is 0 Å². The molecule has 0 spiro atoms. The van der Waals surface area contributed by atoms with Crippen molar-refractivity contribution in [1.82, 2.24) is 0 Å². The maximum atomic E-state index is 13.3. The third-order valence-corrected chi connectivity index (χ3v) is 6.47. The molecule has 0 atom stereocenters. The summed E-state index contributed by atoms with van der Waals surface area (Å²) in [6.07, 6.45) is 2.23. The Kier molecular flexibility index (Phi) is 9.67. The number of unbranched alkanes of at least 4 members (excludes halogenated alkanes) is 2. The zero-order valence-electron chi connectivity index (χ0n) is 22.4. The van der Waals surface area contributed by atoms with Gasteiger partial charge < -0.3 is 20.1 Å². The summed E-state index contributed by atoms with van der Waals surface area (Å²) in [6, 6.07) is 31.3. The molecule has 0 aliphatic rings. The van der Waals surface area contributed by atoms with Crippen molar-refractivity contribution in [2.45, 2.75) is 25.7 Å². The first-order chi connectivity index (χ1) is 19.4. The Morgan fingerprint density at radius 2 is 1.45 bits per heavy atom. The van der Waals surface area contributed by atoms with E-state index in [2.05, 4.69) is 5.32 Å². The standard InChI is InChI=1S/C33H32N2O5/c1-35(29-16-9-10-17-30(29)40-23-11-3-6-18-31(36)37)33(39)25-19-21-26(22-20-25)34-32(38)28-15-8-7-14-27(28)24-12-4-2-5-13-24/h2,4-5,7-10,12-17,19-22H,3,6,11,18,23H2,1H3,(H,34,38)(H,36,37). The Balaban J connectivity index is 1.39. The van der Waals surface area contributed by atoms with Crippen molar-refractivity contribution in [3.8, 4) is 16.9 Å². The highest BCUT2D eigenvalue weighted by Gasteiger charge is 2.18. The number of hydrogen-bond donors (Lipinski definition) is 2. The number of carbonyl (C=O) groups is 3. The molecule has 204 valence electrons. The van der Waals surface area contributed by atoms with E-state index >= 15 is 0 Å². The van der Waals surface area contributed by atoms with Crippen LogP contribution in [0.1, 0.15) is 46.4 Å².